The monoisotopic (exact) mass is 370 g/mol. The Hall–Kier alpha value is -1.88. The lowest BCUT2D eigenvalue weighted by molar-refractivity contribution is 0.458. The van der Waals surface area contributed by atoms with Crippen LogP contribution >= 0.6 is 11.3 Å². The maximum atomic E-state index is 4.53. The number of nitrogens with one attached hydrogen (secondary N) is 1. The molecule has 1 unspecified atom stereocenters. The van der Waals surface area contributed by atoms with Gasteiger partial charge in [-0.05, 0) is 50.5 Å². The number of likely N-dealkylation sites (tertiary alicyclic amines) is 1. The molecule has 2 aromatic rings. The van der Waals surface area contributed by atoms with Gasteiger partial charge in [0.15, 0.2) is 5.96 Å². The van der Waals surface area contributed by atoms with Gasteiger partial charge in [0.05, 0.1) is 5.01 Å². The minimum atomic E-state index is 0.726. The Balaban J connectivity index is 1.36. The summed E-state index contributed by atoms with van der Waals surface area (Å²) < 4.78 is 0. The van der Waals surface area contributed by atoms with Crippen molar-refractivity contribution in [3.63, 3.8) is 0 Å². The first kappa shape index (κ1) is 18.9. The molecule has 1 atom stereocenters. The van der Waals surface area contributed by atoms with Crippen LogP contribution in [-0.4, -0.2) is 42.5 Å². The Labute approximate surface area is 161 Å². The van der Waals surface area contributed by atoms with E-state index in [0.29, 0.717) is 0 Å². The largest absolute Gasteiger partial charge is 0.356 e. The highest BCUT2D eigenvalue weighted by Crippen LogP contribution is 2.21. The van der Waals surface area contributed by atoms with E-state index in [2.05, 4.69) is 62.8 Å². The molecule has 0 bridgehead atoms. The zero-order chi connectivity index (χ0) is 18.2. The summed E-state index contributed by atoms with van der Waals surface area (Å²) in [6.45, 7) is 5.26. The van der Waals surface area contributed by atoms with Crippen LogP contribution in [0.4, 0.5) is 0 Å². The van der Waals surface area contributed by atoms with E-state index in [1.807, 2.05) is 7.05 Å². The highest BCUT2D eigenvalue weighted by atomic mass is 32.1. The first-order valence-corrected chi connectivity index (χ1v) is 10.5. The van der Waals surface area contributed by atoms with Crippen molar-refractivity contribution in [3.05, 3.63) is 52.0 Å². The predicted molar refractivity (Wildman–Crippen MR) is 111 cm³/mol. The highest BCUT2D eigenvalue weighted by molar-refractivity contribution is 7.09. The van der Waals surface area contributed by atoms with E-state index < -0.39 is 0 Å². The minimum Gasteiger partial charge on any atom is -0.356 e. The van der Waals surface area contributed by atoms with Crippen molar-refractivity contribution >= 4 is 17.3 Å². The van der Waals surface area contributed by atoms with Crippen LogP contribution in [0.1, 0.15) is 35.5 Å². The summed E-state index contributed by atoms with van der Waals surface area (Å²) in [5.74, 6) is 1.79. The number of aliphatic imine (C=N–C) groups is 1. The molecular formula is C21H30N4S. The zero-order valence-corrected chi connectivity index (χ0v) is 16.8. The quantitative estimate of drug-likeness (QED) is 0.456. The Morgan fingerprint density at radius 1 is 1.31 bits per heavy atom. The van der Waals surface area contributed by atoms with Gasteiger partial charge in [0.2, 0.25) is 0 Å². The lowest BCUT2D eigenvalue weighted by Crippen LogP contribution is -2.40. The fourth-order valence-corrected chi connectivity index (χ4v) is 4.41. The van der Waals surface area contributed by atoms with Crippen molar-refractivity contribution in [2.45, 2.75) is 39.0 Å². The number of thiazole rings is 1. The van der Waals surface area contributed by atoms with Gasteiger partial charge in [0.1, 0.15) is 0 Å². The molecule has 0 saturated carbocycles. The molecule has 1 aliphatic rings. The second-order valence-electron chi connectivity index (χ2n) is 7.10. The van der Waals surface area contributed by atoms with Crippen molar-refractivity contribution in [2.75, 3.05) is 26.7 Å². The summed E-state index contributed by atoms with van der Waals surface area (Å²) in [7, 11) is 1.89. The number of nitrogens with zero attached hydrogens (tertiary/aromatic N) is 3. The number of unbranched alkanes of at least 4 members (excludes halogenated alkanes) is 1. The molecule has 0 aliphatic carbocycles. The minimum absolute atomic E-state index is 0.726. The maximum Gasteiger partial charge on any atom is 0.193 e. The molecule has 140 valence electrons. The van der Waals surface area contributed by atoms with E-state index in [-0.39, 0.29) is 0 Å². The second-order valence-corrected chi connectivity index (χ2v) is 8.05. The van der Waals surface area contributed by atoms with Crippen LogP contribution in [0.2, 0.25) is 0 Å². The third-order valence-electron chi connectivity index (χ3n) is 4.93. The number of aryl methyl sites for hydroxylation is 2. The Kier molecular flexibility index (Phi) is 7.06. The van der Waals surface area contributed by atoms with Crippen molar-refractivity contribution < 1.29 is 0 Å². The molecule has 5 heteroatoms. The maximum absolute atomic E-state index is 4.53. The van der Waals surface area contributed by atoms with Gasteiger partial charge >= 0.3 is 0 Å². The van der Waals surface area contributed by atoms with Crippen LogP contribution in [0.5, 0.6) is 0 Å². The Morgan fingerprint density at radius 2 is 2.15 bits per heavy atom. The number of hydrogen-bond acceptors (Lipinski definition) is 3. The smallest absolute Gasteiger partial charge is 0.193 e. The fourth-order valence-electron chi connectivity index (χ4n) is 3.59. The molecule has 3 rings (SSSR count). The van der Waals surface area contributed by atoms with Crippen LogP contribution in [0.15, 0.2) is 40.7 Å². The molecule has 1 aromatic carbocycles. The molecule has 26 heavy (non-hydrogen) atoms. The van der Waals surface area contributed by atoms with Gasteiger partial charge in [-0.25, -0.2) is 4.98 Å². The summed E-state index contributed by atoms with van der Waals surface area (Å²) >= 11 is 1.78. The predicted octanol–water partition coefficient (Wildman–Crippen LogP) is 3.91. The van der Waals surface area contributed by atoms with Crippen molar-refractivity contribution in [3.8, 4) is 0 Å². The van der Waals surface area contributed by atoms with Gasteiger partial charge in [-0.3, -0.25) is 4.99 Å². The molecule has 1 aromatic heterocycles. The first-order valence-electron chi connectivity index (χ1n) is 9.65. The highest BCUT2D eigenvalue weighted by Gasteiger charge is 2.24. The van der Waals surface area contributed by atoms with Crippen LogP contribution in [0, 0.1) is 12.8 Å². The molecule has 2 heterocycles. The molecule has 1 aliphatic heterocycles. The van der Waals surface area contributed by atoms with E-state index in [0.717, 1.165) is 50.0 Å². The van der Waals surface area contributed by atoms with Crippen molar-refractivity contribution in [1.29, 1.82) is 0 Å². The van der Waals surface area contributed by atoms with E-state index >= 15 is 0 Å². The molecule has 4 nitrogen and oxygen atoms in total. The van der Waals surface area contributed by atoms with Crippen LogP contribution in [-0.2, 0) is 12.8 Å². The topological polar surface area (TPSA) is 40.5 Å². The van der Waals surface area contributed by atoms with E-state index in [4.69, 9.17) is 0 Å². The molecule has 0 radical (unpaired) electrons. The fraction of sp³-hybridized carbons (Fsp3) is 0.524. The average Bonchev–Trinajstić information content (AvgIpc) is 3.28. The molecule has 1 N–H and O–H groups in total. The van der Waals surface area contributed by atoms with Crippen LogP contribution < -0.4 is 5.32 Å². The second kappa shape index (κ2) is 9.72. The van der Waals surface area contributed by atoms with Gasteiger partial charge in [-0.1, -0.05) is 30.3 Å². The lowest BCUT2D eigenvalue weighted by atomic mass is 9.99. The standard InChI is InChI=1S/C21H30N4S/c1-17-16-26-20(24-17)10-6-7-12-23-21(22-2)25-13-11-19(15-25)14-18-8-4-3-5-9-18/h3-5,8-9,16,19H,6-7,10-15H2,1-2H3,(H,22,23). The van der Waals surface area contributed by atoms with Gasteiger partial charge in [0.25, 0.3) is 0 Å². The summed E-state index contributed by atoms with van der Waals surface area (Å²) in [4.78, 5) is 11.4. The van der Waals surface area contributed by atoms with E-state index in [1.165, 1.54) is 29.8 Å². The summed E-state index contributed by atoms with van der Waals surface area (Å²) in [6, 6.07) is 10.8. The Morgan fingerprint density at radius 3 is 2.88 bits per heavy atom. The number of rotatable bonds is 7. The third kappa shape index (κ3) is 5.56. The molecule has 1 saturated heterocycles. The van der Waals surface area contributed by atoms with Gasteiger partial charge in [-0.2, -0.15) is 0 Å². The van der Waals surface area contributed by atoms with Gasteiger partial charge in [0, 0.05) is 37.8 Å². The van der Waals surface area contributed by atoms with Crippen LogP contribution in [0.25, 0.3) is 0 Å². The van der Waals surface area contributed by atoms with Gasteiger partial charge in [-0.15, -0.1) is 11.3 Å². The van der Waals surface area contributed by atoms with E-state index in [9.17, 15) is 0 Å². The Bertz CT molecular complexity index is 695. The lowest BCUT2D eigenvalue weighted by Gasteiger charge is -2.21. The molecule has 0 amide bonds. The molecule has 0 spiro atoms. The van der Waals surface area contributed by atoms with Crippen LogP contribution in [0.3, 0.4) is 0 Å². The summed E-state index contributed by atoms with van der Waals surface area (Å²) in [5, 5.41) is 6.94. The summed E-state index contributed by atoms with van der Waals surface area (Å²) in [5.41, 5.74) is 2.59. The van der Waals surface area contributed by atoms with Crippen molar-refractivity contribution in [1.82, 2.24) is 15.2 Å². The number of hydrogen-bond donors (Lipinski definition) is 1. The molecule has 1 fully saturated rings. The zero-order valence-electron chi connectivity index (χ0n) is 15.9. The van der Waals surface area contributed by atoms with E-state index in [1.54, 1.807) is 11.3 Å². The number of benzene rings is 1. The third-order valence-corrected chi connectivity index (χ3v) is 5.96. The SMILES string of the molecule is CN=C(NCCCCc1nc(C)cs1)N1CCC(Cc2ccccc2)C1. The number of guanidine groups is 1. The normalized spacial score (nSPS) is 17.7. The average molecular weight is 371 g/mol. The van der Waals surface area contributed by atoms with Crippen molar-refractivity contribution in [2.24, 2.45) is 10.9 Å². The van der Waals surface area contributed by atoms with Gasteiger partial charge < -0.3 is 10.2 Å². The first-order chi connectivity index (χ1) is 12.7. The number of aromatic nitrogens is 1. The molecular weight excluding hydrogens is 340 g/mol. The summed E-state index contributed by atoms with van der Waals surface area (Å²) in [6.07, 6.45) is 5.83.